The fourth-order valence-electron chi connectivity index (χ4n) is 2.30. The van der Waals surface area contributed by atoms with Gasteiger partial charge in [0.2, 0.25) is 0 Å². The summed E-state index contributed by atoms with van der Waals surface area (Å²) in [5.41, 5.74) is 1.63. The van der Waals surface area contributed by atoms with Crippen molar-refractivity contribution in [3.05, 3.63) is 66.4 Å². The molecular formula is C19H16F2N4O2S. The van der Waals surface area contributed by atoms with Gasteiger partial charge in [-0.1, -0.05) is 42.1 Å². The zero-order valence-corrected chi connectivity index (χ0v) is 15.4. The van der Waals surface area contributed by atoms with Crippen LogP contribution in [0.3, 0.4) is 0 Å². The third-order valence-corrected chi connectivity index (χ3v) is 4.54. The standard InChI is InChI=1S/C19H16F2N4O2S/c20-13-6-7-15(14(21)10-13)24-18(27)17(26)22-8-9-28-19-23-11-16(25-19)12-4-2-1-3-5-12/h1-7,10-11H,8-9H2,(H,22,26)(H,23,25)(H,24,27). The molecule has 0 atom stereocenters. The number of nitrogens with one attached hydrogen (secondary N) is 3. The second-order valence-electron chi connectivity index (χ2n) is 5.65. The number of aromatic amines is 1. The number of aromatic nitrogens is 2. The highest BCUT2D eigenvalue weighted by Gasteiger charge is 2.15. The lowest BCUT2D eigenvalue weighted by atomic mass is 10.2. The molecule has 0 aliphatic carbocycles. The van der Waals surface area contributed by atoms with Crippen molar-refractivity contribution in [1.82, 2.24) is 15.3 Å². The number of amides is 2. The number of benzene rings is 2. The Hall–Kier alpha value is -3.20. The van der Waals surface area contributed by atoms with E-state index in [0.717, 1.165) is 23.4 Å². The van der Waals surface area contributed by atoms with Gasteiger partial charge in [-0.25, -0.2) is 13.8 Å². The summed E-state index contributed by atoms with van der Waals surface area (Å²) in [7, 11) is 0. The molecule has 0 saturated carbocycles. The van der Waals surface area contributed by atoms with Crippen molar-refractivity contribution in [2.24, 2.45) is 0 Å². The molecule has 1 heterocycles. The second kappa shape index (κ2) is 9.14. The topological polar surface area (TPSA) is 86.9 Å². The molecule has 0 radical (unpaired) electrons. The molecule has 0 fully saturated rings. The van der Waals surface area contributed by atoms with Gasteiger partial charge in [-0.15, -0.1) is 0 Å². The Kier molecular flexibility index (Phi) is 6.38. The molecule has 9 heteroatoms. The largest absolute Gasteiger partial charge is 0.347 e. The number of halogens is 2. The number of rotatable bonds is 6. The molecule has 0 aliphatic rings. The highest BCUT2D eigenvalue weighted by atomic mass is 32.2. The Morgan fingerprint density at radius 1 is 1.07 bits per heavy atom. The normalized spacial score (nSPS) is 10.5. The summed E-state index contributed by atoms with van der Waals surface area (Å²) >= 11 is 1.38. The number of H-pyrrole nitrogens is 1. The Bertz CT molecular complexity index is 979. The molecule has 2 aromatic carbocycles. The van der Waals surface area contributed by atoms with Crippen LogP contribution in [0.15, 0.2) is 59.9 Å². The van der Waals surface area contributed by atoms with E-state index in [1.165, 1.54) is 11.8 Å². The summed E-state index contributed by atoms with van der Waals surface area (Å²) in [6.45, 7) is 0.212. The first-order valence-electron chi connectivity index (χ1n) is 8.30. The molecular weight excluding hydrogens is 386 g/mol. The van der Waals surface area contributed by atoms with Gasteiger partial charge in [0.25, 0.3) is 0 Å². The average molecular weight is 402 g/mol. The zero-order valence-electron chi connectivity index (χ0n) is 14.5. The zero-order chi connectivity index (χ0) is 19.9. The predicted octanol–water partition coefficient (Wildman–Crippen LogP) is 3.20. The molecule has 6 nitrogen and oxygen atoms in total. The van der Waals surface area contributed by atoms with Crippen molar-refractivity contribution in [3.63, 3.8) is 0 Å². The number of thioether (sulfide) groups is 1. The van der Waals surface area contributed by atoms with Crippen LogP contribution in [0, 0.1) is 11.6 Å². The number of imidazole rings is 1. The fraction of sp³-hybridized carbons (Fsp3) is 0.105. The van der Waals surface area contributed by atoms with E-state index in [1.54, 1.807) is 6.20 Å². The molecule has 0 saturated heterocycles. The van der Waals surface area contributed by atoms with Gasteiger partial charge >= 0.3 is 11.8 Å². The summed E-state index contributed by atoms with van der Waals surface area (Å²) in [5, 5.41) is 5.22. The van der Waals surface area contributed by atoms with Crippen molar-refractivity contribution in [1.29, 1.82) is 0 Å². The lowest BCUT2D eigenvalue weighted by Gasteiger charge is -2.07. The summed E-state index contributed by atoms with van der Waals surface area (Å²) in [6, 6.07) is 12.4. The van der Waals surface area contributed by atoms with Gasteiger partial charge in [-0.05, 0) is 17.7 Å². The molecule has 0 spiro atoms. The number of hydrogen-bond donors (Lipinski definition) is 3. The van der Waals surface area contributed by atoms with E-state index in [2.05, 4.69) is 20.6 Å². The second-order valence-corrected chi connectivity index (χ2v) is 6.73. The number of anilines is 1. The van der Waals surface area contributed by atoms with Crippen molar-refractivity contribution < 1.29 is 18.4 Å². The Balaban J connectivity index is 1.43. The maximum atomic E-state index is 13.5. The van der Waals surface area contributed by atoms with Crippen LogP contribution in [0.4, 0.5) is 14.5 Å². The maximum absolute atomic E-state index is 13.5. The van der Waals surface area contributed by atoms with Gasteiger partial charge in [0.1, 0.15) is 11.6 Å². The Labute approximate surface area is 163 Å². The number of carbonyl (C=O) groups excluding carboxylic acids is 2. The van der Waals surface area contributed by atoms with Crippen LogP contribution in [0.1, 0.15) is 0 Å². The summed E-state index contributed by atoms with van der Waals surface area (Å²) in [5.74, 6) is -3.19. The Morgan fingerprint density at radius 3 is 2.61 bits per heavy atom. The third-order valence-electron chi connectivity index (χ3n) is 3.65. The highest BCUT2D eigenvalue weighted by molar-refractivity contribution is 7.99. The molecule has 144 valence electrons. The van der Waals surface area contributed by atoms with Gasteiger partial charge in [-0.2, -0.15) is 0 Å². The minimum Gasteiger partial charge on any atom is -0.347 e. The van der Waals surface area contributed by atoms with Gasteiger partial charge in [0.15, 0.2) is 5.16 Å². The van der Waals surface area contributed by atoms with E-state index < -0.39 is 23.4 Å². The molecule has 0 aliphatic heterocycles. The predicted molar refractivity (Wildman–Crippen MR) is 103 cm³/mol. The van der Waals surface area contributed by atoms with E-state index in [0.29, 0.717) is 17.0 Å². The fourth-order valence-corrected chi connectivity index (χ4v) is 3.01. The molecule has 2 amide bonds. The summed E-state index contributed by atoms with van der Waals surface area (Å²) in [4.78, 5) is 31.0. The van der Waals surface area contributed by atoms with Crippen molar-refractivity contribution in [2.45, 2.75) is 5.16 Å². The van der Waals surface area contributed by atoms with Crippen LogP contribution in [0.2, 0.25) is 0 Å². The van der Waals surface area contributed by atoms with Crippen LogP contribution in [-0.2, 0) is 9.59 Å². The highest BCUT2D eigenvalue weighted by Crippen LogP contribution is 2.20. The SMILES string of the molecule is O=C(NCCSc1ncc(-c2ccccc2)[nH]1)C(=O)Nc1ccc(F)cc1F. The van der Waals surface area contributed by atoms with Crippen LogP contribution in [-0.4, -0.2) is 34.1 Å². The van der Waals surface area contributed by atoms with Gasteiger partial charge < -0.3 is 15.6 Å². The molecule has 1 aromatic heterocycles. The van der Waals surface area contributed by atoms with Crippen LogP contribution < -0.4 is 10.6 Å². The van der Waals surface area contributed by atoms with Crippen molar-refractivity contribution in [2.75, 3.05) is 17.6 Å². The average Bonchev–Trinajstić information content (AvgIpc) is 3.17. The molecule has 28 heavy (non-hydrogen) atoms. The minimum atomic E-state index is -1.03. The van der Waals surface area contributed by atoms with Gasteiger partial charge in [0, 0.05) is 18.4 Å². The Morgan fingerprint density at radius 2 is 1.86 bits per heavy atom. The van der Waals surface area contributed by atoms with E-state index in [-0.39, 0.29) is 12.2 Å². The number of carbonyl (C=O) groups is 2. The molecule has 3 aromatic rings. The number of hydrogen-bond acceptors (Lipinski definition) is 4. The van der Waals surface area contributed by atoms with E-state index >= 15 is 0 Å². The number of nitrogens with zero attached hydrogens (tertiary/aromatic N) is 1. The van der Waals surface area contributed by atoms with Gasteiger partial charge in [0.05, 0.1) is 17.6 Å². The van der Waals surface area contributed by atoms with Crippen LogP contribution in [0.5, 0.6) is 0 Å². The first-order valence-corrected chi connectivity index (χ1v) is 9.29. The van der Waals surface area contributed by atoms with Crippen LogP contribution >= 0.6 is 11.8 Å². The first kappa shape index (κ1) is 19.6. The smallest absolute Gasteiger partial charge is 0.313 e. The van der Waals surface area contributed by atoms with E-state index in [4.69, 9.17) is 0 Å². The monoisotopic (exact) mass is 402 g/mol. The third kappa shape index (κ3) is 5.17. The molecule has 3 N–H and O–H groups in total. The molecule has 0 unspecified atom stereocenters. The lowest BCUT2D eigenvalue weighted by molar-refractivity contribution is -0.136. The molecule has 0 bridgehead atoms. The lowest BCUT2D eigenvalue weighted by Crippen LogP contribution is -2.36. The molecule has 3 rings (SSSR count). The van der Waals surface area contributed by atoms with Crippen LogP contribution in [0.25, 0.3) is 11.3 Å². The summed E-state index contributed by atoms with van der Waals surface area (Å²) < 4.78 is 26.3. The van der Waals surface area contributed by atoms with Gasteiger partial charge in [-0.3, -0.25) is 9.59 Å². The van der Waals surface area contributed by atoms with Crippen molar-refractivity contribution >= 4 is 29.3 Å². The minimum absolute atomic E-state index is 0.212. The van der Waals surface area contributed by atoms with Crippen molar-refractivity contribution in [3.8, 4) is 11.3 Å². The first-order chi connectivity index (χ1) is 13.5. The maximum Gasteiger partial charge on any atom is 0.313 e. The quantitative estimate of drug-likeness (QED) is 0.336. The summed E-state index contributed by atoms with van der Waals surface area (Å²) in [6.07, 6.45) is 1.72. The van der Waals surface area contributed by atoms with E-state index in [1.807, 2.05) is 30.3 Å². The van der Waals surface area contributed by atoms with E-state index in [9.17, 15) is 18.4 Å².